The average molecular weight is 383 g/mol. The molecular weight excluding hydrogens is 356 g/mol. The lowest BCUT2D eigenvalue weighted by molar-refractivity contribution is -0.215. The third-order valence-corrected chi connectivity index (χ3v) is 6.34. The Kier molecular flexibility index (Phi) is 6.05. The molecule has 0 aromatic carbocycles. The maximum atomic E-state index is 15.0. The Morgan fingerprint density at radius 2 is 1.72 bits per heavy atom. The van der Waals surface area contributed by atoms with Gasteiger partial charge in [0.15, 0.2) is 5.79 Å². The predicted molar refractivity (Wildman–Crippen MR) is 88.4 cm³/mol. The molecule has 9 heteroatoms. The molecule has 1 atom stereocenters. The second kappa shape index (κ2) is 7.26. The third kappa shape index (κ3) is 4.10. The number of hydrogen-bond acceptors (Lipinski definition) is 6. The van der Waals surface area contributed by atoms with Crippen LogP contribution in [0, 0.1) is 0 Å². The predicted octanol–water partition coefficient (Wildman–Crippen LogP) is 2.29. The minimum absolute atomic E-state index is 0.110. The molecule has 1 heterocycles. The van der Waals surface area contributed by atoms with Crippen LogP contribution in [0.1, 0.15) is 53.4 Å². The second-order valence-corrected chi connectivity index (χ2v) is 9.43. The van der Waals surface area contributed by atoms with Crippen molar-refractivity contribution in [3.63, 3.8) is 0 Å². The SMILES string of the molecule is CCOC(=O)C(F)(F)C1(N[S+]([O-])C(C)(C)C)CCC2(CC1)OCCO2. The lowest BCUT2D eigenvalue weighted by atomic mass is 9.75. The van der Waals surface area contributed by atoms with Crippen molar-refractivity contribution >= 4 is 17.3 Å². The highest BCUT2D eigenvalue weighted by molar-refractivity contribution is 7.90. The first-order valence-corrected chi connectivity index (χ1v) is 9.66. The van der Waals surface area contributed by atoms with E-state index in [4.69, 9.17) is 9.47 Å². The Morgan fingerprint density at radius 1 is 1.20 bits per heavy atom. The van der Waals surface area contributed by atoms with Crippen LogP contribution in [-0.4, -0.2) is 52.3 Å². The van der Waals surface area contributed by atoms with Crippen LogP contribution < -0.4 is 4.72 Å². The molecule has 1 N–H and O–H groups in total. The Balaban J connectivity index is 2.27. The Hall–Kier alpha value is -0.480. The second-order valence-electron chi connectivity index (χ2n) is 7.47. The Morgan fingerprint density at radius 3 is 2.16 bits per heavy atom. The van der Waals surface area contributed by atoms with Crippen molar-refractivity contribution in [2.75, 3.05) is 19.8 Å². The monoisotopic (exact) mass is 383 g/mol. The first kappa shape index (κ1) is 20.8. The van der Waals surface area contributed by atoms with Crippen LogP contribution in [0.3, 0.4) is 0 Å². The van der Waals surface area contributed by atoms with E-state index in [9.17, 15) is 9.35 Å². The van der Waals surface area contributed by atoms with E-state index >= 15 is 8.78 Å². The maximum Gasteiger partial charge on any atom is 0.379 e. The maximum absolute atomic E-state index is 15.0. The van der Waals surface area contributed by atoms with Gasteiger partial charge in [0.25, 0.3) is 0 Å². The van der Waals surface area contributed by atoms with Crippen molar-refractivity contribution in [3.05, 3.63) is 0 Å². The van der Waals surface area contributed by atoms with Gasteiger partial charge in [0.1, 0.15) is 10.3 Å². The van der Waals surface area contributed by atoms with Crippen molar-refractivity contribution in [3.8, 4) is 0 Å². The van der Waals surface area contributed by atoms with Crippen LogP contribution in [0.2, 0.25) is 0 Å². The minimum Gasteiger partial charge on any atom is -0.598 e. The molecule has 6 nitrogen and oxygen atoms in total. The lowest BCUT2D eigenvalue weighted by Crippen LogP contribution is -2.68. The Labute approximate surface area is 150 Å². The Bertz CT molecular complexity index is 481. The van der Waals surface area contributed by atoms with Crippen LogP contribution in [-0.2, 0) is 30.4 Å². The number of nitrogens with one attached hydrogen (secondary N) is 1. The summed E-state index contributed by atoms with van der Waals surface area (Å²) in [4.78, 5) is 11.9. The third-order valence-electron chi connectivity index (χ3n) is 4.66. The average Bonchev–Trinajstić information content (AvgIpc) is 2.97. The molecule has 0 aromatic rings. The van der Waals surface area contributed by atoms with E-state index in [1.54, 1.807) is 20.8 Å². The van der Waals surface area contributed by atoms with E-state index in [-0.39, 0.29) is 32.3 Å². The number of hydrogen-bond donors (Lipinski definition) is 1. The van der Waals surface area contributed by atoms with Gasteiger partial charge in [-0.1, -0.05) is 0 Å². The highest BCUT2D eigenvalue weighted by Gasteiger charge is 2.65. The van der Waals surface area contributed by atoms with Crippen LogP contribution in [0.25, 0.3) is 0 Å². The summed E-state index contributed by atoms with van der Waals surface area (Å²) < 4.78 is 60.1. The molecule has 1 aliphatic heterocycles. The van der Waals surface area contributed by atoms with E-state index < -0.39 is 39.3 Å². The minimum atomic E-state index is -3.82. The fourth-order valence-electron chi connectivity index (χ4n) is 3.07. The normalized spacial score (nSPS) is 24.3. The largest absolute Gasteiger partial charge is 0.598 e. The molecule has 1 saturated carbocycles. The van der Waals surface area contributed by atoms with Gasteiger partial charge in [-0.05, 0) is 40.5 Å². The van der Waals surface area contributed by atoms with Gasteiger partial charge in [0, 0.05) is 24.2 Å². The zero-order valence-electron chi connectivity index (χ0n) is 15.2. The van der Waals surface area contributed by atoms with Crippen LogP contribution in [0.4, 0.5) is 8.78 Å². The standard InChI is InChI=1S/C16H27F2NO5S/c1-5-22-12(20)16(17,18)14(19-25(21)13(2,3)4)6-8-15(9-7-14)23-10-11-24-15/h19H,5-11H2,1-4H3. The summed E-state index contributed by atoms with van der Waals surface area (Å²) >= 11 is -1.77. The molecule has 0 amide bonds. The van der Waals surface area contributed by atoms with Gasteiger partial charge in [-0.25, -0.2) is 4.79 Å². The van der Waals surface area contributed by atoms with Crippen molar-refractivity contribution in [2.45, 2.75) is 75.4 Å². The zero-order chi connectivity index (χ0) is 18.9. The molecule has 2 rings (SSSR count). The van der Waals surface area contributed by atoms with Crippen molar-refractivity contribution in [2.24, 2.45) is 0 Å². The van der Waals surface area contributed by atoms with Gasteiger partial charge in [-0.3, -0.25) is 0 Å². The summed E-state index contributed by atoms with van der Waals surface area (Å²) in [6, 6.07) is 0. The van der Waals surface area contributed by atoms with E-state index in [2.05, 4.69) is 9.46 Å². The molecule has 1 unspecified atom stereocenters. The number of halogens is 2. The van der Waals surface area contributed by atoms with E-state index in [1.165, 1.54) is 6.92 Å². The first-order valence-electron chi connectivity index (χ1n) is 8.51. The highest BCUT2D eigenvalue weighted by Crippen LogP contribution is 2.48. The number of esters is 1. The topological polar surface area (TPSA) is 79.9 Å². The van der Waals surface area contributed by atoms with Crippen molar-refractivity contribution < 1.29 is 32.3 Å². The molecule has 0 aromatic heterocycles. The smallest absolute Gasteiger partial charge is 0.379 e. The number of carbonyl (C=O) groups excluding carboxylic acids is 1. The number of carbonyl (C=O) groups is 1. The summed E-state index contributed by atoms with van der Waals surface area (Å²) in [6.07, 6.45) is 0.161. The number of alkyl halides is 2. The van der Waals surface area contributed by atoms with Gasteiger partial charge in [0.2, 0.25) is 0 Å². The lowest BCUT2D eigenvalue weighted by Gasteiger charge is -2.46. The van der Waals surface area contributed by atoms with Crippen LogP contribution in [0.15, 0.2) is 0 Å². The summed E-state index contributed by atoms with van der Waals surface area (Å²) in [5.74, 6) is -6.29. The van der Waals surface area contributed by atoms with E-state index in [1.807, 2.05) is 0 Å². The zero-order valence-corrected chi connectivity index (χ0v) is 16.0. The first-order chi connectivity index (χ1) is 11.5. The van der Waals surface area contributed by atoms with Crippen molar-refractivity contribution in [1.29, 1.82) is 0 Å². The van der Waals surface area contributed by atoms with E-state index in [0.29, 0.717) is 13.2 Å². The van der Waals surface area contributed by atoms with Gasteiger partial charge in [0.05, 0.1) is 19.8 Å². The summed E-state index contributed by atoms with van der Waals surface area (Å²) in [5, 5.41) is 0. The molecule has 1 spiro atoms. The van der Waals surface area contributed by atoms with Crippen LogP contribution in [0.5, 0.6) is 0 Å². The molecular formula is C16H27F2NO5S. The summed E-state index contributed by atoms with van der Waals surface area (Å²) in [6.45, 7) is 7.20. The molecule has 2 aliphatic rings. The molecule has 1 saturated heterocycles. The highest BCUT2D eigenvalue weighted by atomic mass is 32.2. The van der Waals surface area contributed by atoms with E-state index in [0.717, 1.165) is 0 Å². The molecule has 25 heavy (non-hydrogen) atoms. The quantitative estimate of drug-likeness (QED) is 0.580. The summed E-state index contributed by atoms with van der Waals surface area (Å²) in [7, 11) is 0. The van der Waals surface area contributed by atoms with Gasteiger partial charge in [-0.15, -0.1) is 4.72 Å². The summed E-state index contributed by atoms with van der Waals surface area (Å²) in [5.41, 5.74) is -1.96. The molecule has 146 valence electrons. The molecule has 2 fully saturated rings. The van der Waals surface area contributed by atoms with Crippen molar-refractivity contribution in [1.82, 2.24) is 4.72 Å². The molecule has 1 aliphatic carbocycles. The number of rotatable bonds is 5. The number of ether oxygens (including phenoxy) is 3. The fraction of sp³-hybridized carbons (Fsp3) is 0.938. The fourth-order valence-corrected chi connectivity index (χ4v) is 4.06. The van der Waals surface area contributed by atoms with Gasteiger partial charge >= 0.3 is 11.9 Å². The van der Waals surface area contributed by atoms with Gasteiger partial charge < -0.3 is 18.8 Å². The van der Waals surface area contributed by atoms with Crippen LogP contribution >= 0.6 is 0 Å². The molecule has 0 bridgehead atoms. The van der Waals surface area contributed by atoms with Gasteiger partial charge in [-0.2, -0.15) is 8.78 Å². The molecule has 0 radical (unpaired) electrons.